The number of aromatic nitrogens is 1. The Labute approximate surface area is 97.7 Å². The molecule has 2 N–H and O–H groups in total. The van der Waals surface area contributed by atoms with Crippen molar-refractivity contribution in [1.29, 1.82) is 0 Å². The van der Waals surface area contributed by atoms with E-state index in [0.717, 1.165) is 30.6 Å². The summed E-state index contributed by atoms with van der Waals surface area (Å²) in [5.41, 5.74) is 7.97. The van der Waals surface area contributed by atoms with E-state index in [1.807, 2.05) is 12.3 Å². The van der Waals surface area contributed by atoms with Crippen LogP contribution in [0.5, 0.6) is 0 Å². The molecule has 3 nitrogen and oxygen atoms in total. The van der Waals surface area contributed by atoms with Crippen LogP contribution in [0.2, 0.25) is 0 Å². The van der Waals surface area contributed by atoms with Gasteiger partial charge in [0.15, 0.2) is 0 Å². The monoisotopic (exact) mass is 219 g/mol. The second-order valence-electron chi connectivity index (χ2n) is 4.86. The minimum atomic E-state index is 0.524. The molecule has 0 bridgehead atoms. The molecule has 0 spiro atoms. The van der Waals surface area contributed by atoms with Gasteiger partial charge in [-0.3, -0.25) is 4.98 Å². The zero-order valence-corrected chi connectivity index (χ0v) is 10.2. The molecule has 1 fully saturated rings. The number of nitrogens with zero attached hydrogens (tertiary/aromatic N) is 2. The van der Waals surface area contributed by atoms with Crippen molar-refractivity contribution < 1.29 is 0 Å². The van der Waals surface area contributed by atoms with Gasteiger partial charge in [-0.05, 0) is 30.4 Å². The van der Waals surface area contributed by atoms with Crippen LogP contribution in [0.3, 0.4) is 0 Å². The van der Waals surface area contributed by atoms with Crippen molar-refractivity contribution in [2.75, 3.05) is 18.0 Å². The van der Waals surface area contributed by atoms with E-state index < -0.39 is 0 Å². The molecule has 2 rings (SSSR count). The summed E-state index contributed by atoms with van der Waals surface area (Å²) >= 11 is 0. The molecular formula is C13H21N3. The van der Waals surface area contributed by atoms with Crippen LogP contribution in [0.4, 0.5) is 5.69 Å². The molecule has 1 aliphatic rings. The third-order valence-corrected chi connectivity index (χ3v) is 3.73. The molecule has 0 aliphatic carbocycles. The third kappa shape index (κ3) is 2.19. The molecule has 0 amide bonds. The predicted octanol–water partition coefficient (Wildman–Crippen LogP) is 2.02. The first-order valence-corrected chi connectivity index (χ1v) is 6.11. The SMILES string of the molecule is CC1CCN(c2cccnc2CN)CC1C. The molecule has 2 unspecified atom stereocenters. The number of hydrogen-bond acceptors (Lipinski definition) is 3. The molecular weight excluding hydrogens is 198 g/mol. The molecule has 0 saturated carbocycles. The van der Waals surface area contributed by atoms with Crippen LogP contribution in [-0.4, -0.2) is 18.1 Å². The fraction of sp³-hybridized carbons (Fsp3) is 0.615. The standard InChI is InChI=1S/C13H21N3/c1-10-5-7-16(9-11(10)2)13-4-3-6-15-12(13)8-14/h3-4,6,10-11H,5,7-9,14H2,1-2H3. The Bertz CT molecular complexity index is 351. The molecule has 0 radical (unpaired) electrons. The first kappa shape index (κ1) is 11.4. The van der Waals surface area contributed by atoms with E-state index in [1.54, 1.807) is 0 Å². The Balaban J connectivity index is 2.18. The smallest absolute Gasteiger partial charge is 0.0772 e. The summed E-state index contributed by atoms with van der Waals surface area (Å²) in [5.74, 6) is 1.58. The topological polar surface area (TPSA) is 42.2 Å². The summed E-state index contributed by atoms with van der Waals surface area (Å²) in [5, 5.41) is 0. The summed E-state index contributed by atoms with van der Waals surface area (Å²) in [6.07, 6.45) is 3.09. The van der Waals surface area contributed by atoms with Crippen LogP contribution >= 0.6 is 0 Å². The molecule has 2 heterocycles. The predicted molar refractivity (Wildman–Crippen MR) is 67.3 cm³/mol. The lowest BCUT2D eigenvalue weighted by Crippen LogP contribution is -2.39. The van der Waals surface area contributed by atoms with Gasteiger partial charge in [0, 0.05) is 25.8 Å². The number of nitrogens with two attached hydrogens (primary N) is 1. The van der Waals surface area contributed by atoms with Crippen LogP contribution < -0.4 is 10.6 Å². The first-order chi connectivity index (χ1) is 7.72. The van der Waals surface area contributed by atoms with E-state index in [9.17, 15) is 0 Å². The summed E-state index contributed by atoms with van der Waals surface area (Å²) in [6, 6.07) is 4.13. The van der Waals surface area contributed by atoms with Crippen LogP contribution in [0.1, 0.15) is 26.0 Å². The molecule has 1 aliphatic heterocycles. The van der Waals surface area contributed by atoms with Gasteiger partial charge in [-0.1, -0.05) is 13.8 Å². The van der Waals surface area contributed by atoms with E-state index >= 15 is 0 Å². The van der Waals surface area contributed by atoms with Crippen molar-refractivity contribution in [2.24, 2.45) is 17.6 Å². The van der Waals surface area contributed by atoms with Gasteiger partial charge in [-0.25, -0.2) is 0 Å². The second kappa shape index (κ2) is 4.83. The van der Waals surface area contributed by atoms with Crippen LogP contribution in [0.15, 0.2) is 18.3 Å². The number of piperidine rings is 1. The third-order valence-electron chi connectivity index (χ3n) is 3.73. The van der Waals surface area contributed by atoms with Crippen LogP contribution in [0.25, 0.3) is 0 Å². The van der Waals surface area contributed by atoms with Gasteiger partial charge in [-0.15, -0.1) is 0 Å². The zero-order valence-electron chi connectivity index (χ0n) is 10.2. The van der Waals surface area contributed by atoms with Crippen molar-refractivity contribution in [3.8, 4) is 0 Å². The average Bonchev–Trinajstić information content (AvgIpc) is 2.32. The van der Waals surface area contributed by atoms with Crippen molar-refractivity contribution >= 4 is 5.69 Å². The van der Waals surface area contributed by atoms with E-state index in [2.05, 4.69) is 29.8 Å². The van der Waals surface area contributed by atoms with Gasteiger partial charge in [0.05, 0.1) is 11.4 Å². The van der Waals surface area contributed by atoms with Gasteiger partial charge in [-0.2, -0.15) is 0 Å². The lowest BCUT2D eigenvalue weighted by molar-refractivity contribution is 0.323. The quantitative estimate of drug-likeness (QED) is 0.827. The molecule has 16 heavy (non-hydrogen) atoms. The van der Waals surface area contributed by atoms with Crippen molar-refractivity contribution in [1.82, 2.24) is 4.98 Å². The highest BCUT2D eigenvalue weighted by Gasteiger charge is 2.23. The highest BCUT2D eigenvalue weighted by atomic mass is 15.1. The first-order valence-electron chi connectivity index (χ1n) is 6.11. The van der Waals surface area contributed by atoms with Gasteiger partial charge in [0.25, 0.3) is 0 Å². The van der Waals surface area contributed by atoms with Crippen molar-refractivity contribution in [3.05, 3.63) is 24.0 Å². The Kier molecular flexibility index (Phi) is 3.44. The van der Waals surface area contributed by atoms with E-state index in [-0.39, 0.29) is 0 Å². The van der Waals surface area contributed by atoms with E-state index in [0.29, 0.717) is 6.54 Å². The molecule has 0 aromatic carbocycles. The molecule has 3 heteroatoms. The lowest BCUT2D eigenvalue weighted by atomic mass is 9.88. The summed E-state index contributed by atoms with van der Waals surface area (Å²) in [7, 11) is 0. The maximum atomic E-state index is 5.73. The summed E-state index contributed by atoms with van der Waals surface area (Å²) in [4.78, 5) is 6.78. The Morgan fingerprint density at radius 3 is 2.94 bits per heavy atom. The zero-order chi connectivity index (χ0) is 11.5. The highest BCUT2D eigenvalue weighted by molar-refractivity contribution is 5.50. The molecule has 2 atom stereocenters. The fourth-order valence-electron chi connectivity index (χ4n) is 2.36. The van der Waals surface area contributed by atoms with Crippen LogP contribution in [-0.2, 0) is 6.54 Å². The van der Waals surface area contributed by atoms with Gasteiger partial charge in [0.2, 0.25) is 0 Å². The van der Waals surface area contributed by atoms with Gasteiger partial charge < -0.3 is 10.6 Å². The van der Waals surface area contributed by atoms with E-state index in [1.165, 1.54) is 12.1 Å². The van der Waals surface area contributed by atoms with E-state index in [4.69, 9.17) is 5.73 Å². The number of hydrogen-bond donors (Lipinski definition) is 1. The normalized spacial score (nSPS) is 25.8. The Morgan fingerprint density at radius 2 is 2.25 bits per heavy atom. The van der Waals surface area contributed by atoms with Crippen molar-refractivity contribution in [3.63, 3.8) is 0 Å². The molecule has 1 aromatic rings. The minimum absolute atomic E-state index is 0.524. The average molecular weight is 219 g/mol. The summed E-state index contributed by atoms with van der Waals surface area (Å²) < 4.78 is 0. The second-order valence-corrected chi connectivity index (χ2v) is 4.86. The Morgan fingerprint density at radius 1 is 1.44 bits per heavy atom. The fourth-order valence-corrected chi connectivity index (χ4v) is 2.36. The molecule has 1 saturated heterocycles. The largest absolute Gasteiger partial charge is 0.370 e. The highest BCUT2D eigenvalue weighted by Crippen LogP contribution is 2.28. The number of anilines is 1. The van der Waals surface area contributed by atoms with Gasteiger partial charge >= 0.3 is 0 Å². The van der Waals surface area contributed by atoms with Crippen LogP contribution in [0, 0.1) is 11.8 Å². The minimum Gasteiger partial charge on any atom is -0.370 e. The molecule has 88 valence electrons. The molecule has 1 aromatic heterocycles. The van der Waals surface area contributed by atoms with Crippen molar-refractivity contribution in [2.45, 2.75) is 26.8 Å². The number of pyridine rings is 1. The lowest BCUT2D eigenvalue weighted by Gasteiger charge is -2.37. The van der Waals surface area contributed by atoms with Gasteiger partial charge in [0.1, 0.15) is 0 Å². The maximum absolute atomic E-state index is 5.73. The maximum Gasteiger partial charge on any atom is 0.0772 e. The summed E-state index contributed by atoms with van der Waals surface area (Å²) in [6.45, 7) is 7.45. The number of rotatable bonds is 2. The Hall–Kier alpha value is -1.09.